The molecule has 9 heteroatoms. The first kappa shape index (κ1) is 21.0. The molecular weight excluding hydrogens is 443 g/mol. The Morgan fingerprint density at radius 3 is 2.54 bits per heavy atom. The molecule has 1 saturated heterocycles. The summed E-state index contributed by atoms with van der Waals surface area (Å²) in [6.45, 7) is 2.40. The summed E-state index contributed by atoms with van der Waals surface area (Å²) in [7, 11) is -2.41. The van der Waals surface area contributed by atoms with E-state index in [-0.39, 0.29) is 34.6 Å². The third-order valence-electron chi connectivity index (χ3n) is 3.89. The number of methoxy groups -OCH3 is 1. The predicted molar refractivity (Wildman–Crippen MR) is 105 cm³/mol. The van der Waals surface area contributed by atoms with Gasteiger partial charge in [0.25, 0.3) is 0 Å². The standard InChI is InChI=1S/C15H24N4O3S.HI/c1-22-13-6-5-12(11-14(13)23(17,20)21)7-8-18-15(16)19-9-3-2-4-10-19;/h5-6,11H,2-4,7-10H2,1H3,(H2,16,18)(H2,17,20,21);1H. The van der Waals surface area contributed by atoms with Crippen LogP contribution in [0.2, 0.25) is 0 Å². The van der Waals surface area contributed by atoms with E-state index < -0.39 is 10.0 Å². The van der Waals surface area contributed by atoms with Crippen LogP contribution in [0.5, 0.6) is 5.75 Å². The highest BCUT2D eigenvalue weighted by Crippen LogP contribution is 2.23. The number of hydrogen-bond donors (Lipinski definition) is 2. The number of nitrogens with zero attached hydrogens (tertiary/aromatic N) is 2. The molecule has 1 aliphatic heterocycles. The number of likely N-dealkylation sites (tertiary alicyclic amines) is 1. The van der Waals surface area contributed by atoms with Crippen LogP contribution in [0, 0.1) is 0 Å². The third-order valence-corrected chi connectivity index (χ3v) is 4.82. The van der Waals surface area contributed by atoms with Gasteiger partial charge in [-0.05, 0) is 43.4 Å². The Kier molecular flexibility index (Phi) is 8.23. The minimum atomic E-state index is -3.82. The molecule has 1 heterocycles. The lowest BCUT2D eigenvalue weighted by Crippen LogP contribution is -2.41. The van der Waals surface area contributed by atoms with E-state index in [1.54, 1.807) is 12.1 Å². The highest BCUT2D eigenvalue weighted by atomic mass is 127. The van der Waals surface area contributed by atoms with E-state index in [9.17, 15) is 8.42 Å². The molecule has 0 atom stereocenters. The van der Waals surface area contributed by atoms with Gasteiger partial charge in [-0.15, -0.1) is 24.0 Å². The lowest BCUT2D eigenvalue weighted by molar-refractivity contribution is 0.338. The first-order valence-corrected chi connectivity index (χ1v) is 9.21. The number of benzene rings is 1. The van der Waals surface area contributed by atoms with Crippen molar-refractivity contribution in [2.45, 2.75) is 30.6 Å². The van der Waals surface area contributed by atoms with Crippen molar-refractivity contribution in [1.82, 2.24) is 4.90 Å². The van der Waals surface area contributed by atoms with Crippen molar-refractivity contribution in [3.63, 3.8) is 0 Å². The second-order valence-corrected chi connectivity index (χ2v) is 7.10. The molecule has 0 aromatic heterocycles. The molecule has 24 heavy (non-hydrogen) atoms. The number of ether oxygens (including phenoxy) is 1. The maximum atomic E-state index is 11.6. The van der Waals surface area contributed by atoms with Crippen LogP contribution in [0.25, 0.3) is 0 Å². The molecule has 0 amide bonds. The van der Waals surface area contributed by atoms with Crippen LogP contribution in [-0.4, -0.2) is 46.0 Å². The largest absolute Gasteiger partial charge is 0.495 e. The van der Waals surface area contributed by atoms with E-state index in [1.807, 2.05) is 0 Å². The quantitative estimate of drug-likeness (QED) is 0.385. The number of aliphatic imine (C=N–C) groups is 1. The molecule has 4 N–H and O–H groups in total. The van der Waals surface area contributed by atoms with Gasteiger partial charge in [-0.3, -0.25) is 4.99 Å². The highest BCUT2D eigenvalue weighted by Gasteiger charge is 2.15. The van der Waals surface area contributed by atoms with Crippen LogP contribution in [0.3, 0.4) is 0 Å². The molecule has 0 unspecified atom stereocenters. The van der Waals surface area contributed by atoms with Gasteiger partial charge in [0.2, 0.25) is 10.0 Å². The number of hydrogen-bond acceptors (Lipinski definition) is 4. The molecule has 7 nitrogen and oxygen atoms in total. The summed E-state index contributed by atoms with van der Waals surface area (Å²) in [5, 5.41) is 5.21. The van der Waals surface area contributed by atoms with Gasteiger partial charge in [-0.25, -0.2) is 13.6 Å². The lowest BCUT2D eigenvalue weighted by atomic mass is 10.1. The van der Waals surface area contributed by atoms with Gasteiger partial charge in [0.15, 0.2) is 5.96 Å². The first-order chi connectivity index (χ1) is 10.9. The SMILES string of the molecule is COc1ccc(CCN=C(N)N2CCCCC2)cc1S(N)(=O)=O.I. The van der Waals surface area contributed by atoms with Crippen LogP contribution in [-0.2, 0) is 16.4 Å². The van der Waals surface area contributed by atoms with Gasteiger partial charge in [-0.2, -0.15) is 0 Å². The summed E-state index contributed by atoms with van der Waals surface area (Å²) in [4.78, 5) is 6.47. The van der Waals surface area contributed by atoms with E-state index >= 15 is 0 Å². The minimum absolute atomic E-state index is 0. The number of halogens is 1. The zero-order valence-electron chi connectivity index (χ0n) is 13.8. The van der Waals surface area contributed by atoms with Crippen LogP contribution < -0.4 is 15.6 Å². The molecule has 0 bridgehead atoms. The monoisotopic (exact) mass is 468 g/mol. The van der Waals surface area contributed by atoms with Crippen LogP contribution in [0.4, 0.5) is 0 Å². The molecule has 0 radical (unpaired) electrons. The number of rotatable bonds is 5. The van der Waals surface area contributed by atoms with Crippen molar-refractivity contribution in [3.05, 3.63) is 23.8 Å². The number of guanidine groups is 1. The predicted octanol–water partition coefficient (Wildman–Crippen LogP) is 1.30. The van der Waals surface area contributed by atoms with Gasteiger partial charge < -0.3 is 15.4 Å². The fourth-order valence-electron chi connectivity index (χ4n) is 2.62. The zero-order valence-corrected chi connectivity index (χ0v) is 16.9. The number of primary sulfonamides is 1. The summed E-state index contributed by atoms with van der Waals surface area (Å²) in [5.41, 5.74) is 6.82. The van der Waals surface area contributed by atoms with Gasteiger partial charge in [0, 0.05) is 19.6 Å². The summed E-state index contributed by atoms with van der Waals surface area (Å²) in [6, 6.07) is 4.94. The Morgan fingerprint density at radius 2 is 1.96 bits per heavy atom. The van der Waals surface area contributed by atoms with Gasteiger partial charge in [-0.1, -0.05) is 6.07 Å². The van der Waals surface area contributed by atoms with Gasteiger partial charge >= 0.3 is 0 Å². The molecule has 0 spiro atoms. The maximum absolute atomic E-state index is 11.6. The summed E-state index contributed by atoms with van der Waals surface area (Å²) >= 11 is 0. The van der Waals surface area contributed by atoms with Crippen molar-refractivity contribution in [3.8, 4) is 5.75 Å². The molecule has 136 valence electrons. The van der Waals surface area contributed by atoms with Crippen molar-refractivity contribution >= 4 is 40.0 Å². The Morgan fingerprint density at radius 1 is 1.29 bits per heavy atom. The summed E-state index contributed by atoms with van der Waals surface area (Å²) in [5.74, 6) is 0.803. The van der Waals surface area contributed by atoms with Crippen LogP contribution in [0.15, 0.2) is 28.1 Å². The molecule has 1 fully saturated rings. The summed E-state index contributed by atoms with van der Waals surface area (Å²) < 4.78 is 28.2. The van der Waals surface area contributed by atoms with Crippen molar-refractivity contribution in [1.29, 1.82) is 0 Å². The number of sulfonamides is 1. The fraction of sp³-hybridized carbons (Fsp3) is 0.533. The van der Waals surface area contributed by atoms with Gasteiger partial charge in [0.1, 0.15) is 10.6 Å². The van der Waals surface area contributed by atoms with E-state index in [2.05, 4.69) is 9.89 Å². The topological polar surface area (TPSA) is 111 Å². The average molecular weight is 468 g/mol. The molecule has 2 rings (SSSR count). The molecule has 0 saturated carbocycles. The third kappa shape index (κ3) is 5.78. The Balaban J connectivity index is 0.00000288. The van der Waals surface area contributed by atoms with Crippen LogP contribution >= 0.6 is 24.0 Å². The second-order valence-electron chi connectivity index (χ2n) is 5.57. The smallest absolute Gasteiger partial charge is 0.241 e. The normalized spacial score (nSPS) is 15.8. The minimum Gasteiger partial charge on any atom is -0.495 e. The molecule has 1 aromatic rings. The first-order valence-electron chi connectivity index (χ1n) is 7.66. The Bertz CT molecular complexity index is 673. The van der Waals surface area contributed by atoms with E-state index in [0.717, 1.165) is 31.5 Å². The fourth-order valence-corrected chi connectivity index (χ4v) is 3.37. The molecule has 1 aliphatic rings. The zero-order chi connectivity index (χ0) is 16.9. The van der Waals surface area contributed by atoms with Crippen molar-refractivity contribution in [2.24, 2.45) is 15.9 Å². The lowest BCUT2D eigenvalue weighted by Gasteiger charge is -2.27. The highest BCUT2D eigenvalue weighted by molar-refractivity contribution is 14.0. The van der Waals surface area contributed by atoms with Gasteiger partial charge in [0.05, 0.1) is 7.11 Å². The van der Waals surface area contributed by atoms with Crippen molar-refractivity contribution < 1.29 is 13.2 Å². The average Bonchev–Trinajstić information content (AvgIpc) is 2.54. The van der Waals surface area contributed by atoms with E-state index in [1.165, 1.54) is 19.6 Å². The Hall–Kier alpha value is -1.07. The number of piperidine rings is 1. The van der Waals surface area contributed by atoms with E-state index in [0.29, 0.717) is 18.9 Å². The molecular formula is C15H25IN4O3S. The molecule has 0 aliphatic carbocycles. The van der Waals surface area contributed by atoms with E-state index in [4.69, 9.17) is 15.6 Å². The maximum Gasteiger partial charge on any atom is 0.241 e. The van der Waals surface area contributed by atoms with Crippen LogP contribution in [0.1, 0.15) is 24.8 Å². The number of nitrogens with two attached hydrogens (primary N) is 2. The van der Waals surface area contributed by atoms with Crippen molar-refractivity contribution in [2.75, 3.05) is 26.7 Å². The summed E-state index contributed by atoms with van der Waals surface area (Å²) in [6.07, 6.45) is 4.12. The molecule has 1 aromatic carbocycles. The second kappa shape index (κ2) is 9.42. The Labute approximate surface area is 160 Å².